The zero-order chi connectivity index (χ0) is 19.9. The van der Waals surface area contributed by atoms with Crippen LogP contribution in [0.3, 0.4) is 0 Å². The SMILES string of the molecule is CC(C)CCCC(C)C1CCC2C3CCC4CNCCCC4(C)C3CCC12C. The molecule has 0 amide bonds. The van der Waals surface area contributed by atoms with E-state index in [0.29, 0.717) is 10.8 Å². The van der Waals surface area contributed by atoms with Crippen LogP contribution in [0.4, 0.5) is 0 Å². The fourth-order valence-electron chi connectivity index (χ4n) is 9.15. The Morgan fingerprint density at radius 3 is 2.43 bits per heavy atom. The second kappa shape index (κ2) is 8.24. The van der Waals surface area contributed by atoms with Crippen LogP contribution in [0.2, 0.25) is 0 Å². The van der Waals surface area contributed by atoms with E-state index in [1.54, 1.807) is 19.3 Å². The summed E-state index contributed by atoms with van der Waals surface area (Å²) in [6, 6.07) is 0. The Bertz CT molecular complexity index is 526. The topological polar surface area (TPSA) is 12.0 Å². The average molecular weight is 388 g/mol. The second-order valence-corrected chi connectivity index (χ2v) is 12.5. The molecule has 4 fully saturated rings. The van der Waals surface area contributed by atoms with Crippen molar-refractivity contribution in [2.45, 2.75) is 105 Å². The molecular formula is C27H49N. The molecule has 28 heavy (non-hydrogen) atoms. The Kier molecular flexibility index (Phi) is 6.24. The molecule has 1 nitrogen and oxygen atoms in total. The van der Waals surface area contributed by atoms with Gasteiger partial charge in [-0.2, -0.15) is 0 Å². The quantitative estimate of drug-likeness (QED) is 0.521. The molecule has 1 N–H and O–H groups in total. The zero-order valence-electron chi connectivity index (χ0n) is 19.7. The standard InChI is InChI=1S/C27H49N/c1-19(2)8-6-9-20(3)23-12-13-24-22-11-10-21-18-28-17-7-15-26(21,4)25(22)14-16-27(23,24)5/h19-25,28H,6-18H2,1-5H3. The number of fused-ring (bicyclic) bond motifs is 5. The van der Waals surface area contributed by atoms with Crippen molar-refractivity contribution in [2.24, 2.45) is 52.3 Å². The summed E-state index contributed by atoms with van der Waals surface area (Å²) in [5, 5.41) is 3.77. The van der Waals surface area contributed by atoms with Gasteiger partial charge in [-0.15, -0.1) is 0 Å². The highest BCUT2D eigenvalue weighted by molar-refractivity contribution is 5.09. The summed E-state index contributed by atoms with van der Waals surface area (Å²) in [6.45, 7) is 15.4. The van der Waals surface area contributed by atoms with Crippen molar-refractivity contribution in [3.05, 3.63) is 0 Å². The Hall–Kier alpha value is -0.0400. The van der Waals surface area contributed by atoms with Crippen LogP contribution in [-0.4, -0.2) is 13.1 Å². The van der Waals surface area contributed by atoms with Gasteiger partial charge in [0.15, 0.2) is 0 Å². The van der Waals surface area contributed by atoms with Gasteiger partial charge in [-0.05, 0) is 117 Å². The fraction of sp³-hybridized carbons (Fsp3) is 1.00. The summed E-state index contributed by atoms with van der Waals surface area (Å²) in [6.07, 6.45) is 16.5. The van der Waals surface area contributed by atoms with Gasteiger partial charge in [-0.25, -0.2) is 0 Å². The Balaban J connectivity index is 1.47. The van der Waals surface area contributed by atoms with Crippen LogP contribution >= 0.6 is 0 Å². The molecule has 0 aromatic heterocycles. The molecule has 0 bridgehead atoms. The van der Waals surface area contributed by atoms with Crippen molar-refractivity contribution < 1.29 is 0 Å². The van der Waals surface area contributed by atoms with Crippen molar-refractivity contribution in [2.75, 3.05) is 13.1 Å². The molecule has 3 aliphatic carbocycles. The lowest BCUT2D eigenvalue weighted by atomic mass is 9.46. The van der Waals surface area contributed by atoms with E-state index in [0.717, 1.165) is 41.4 Å². The van der Waals surface area contributed by atoms with Crippen LogP contribution in [0.15, 0.2) is 0 Å². The first-order valence-electron chi connectivity index (χ1n) is 13.1. The monoisotopic (exact) mass is 387 g/mol. The molecule has 8 atom stereocenters. The molecular weight excluding hydrogens is 338 g/mol. The molecule has 1 heterocycles. The summed E-state index contributed by atoms with van der Waals surface area (Å²) in [4.78, 5) is 0. The van der Waals surface area contributed by atoms with E-state index in [2.05, 4.69) is 39.9 Å². The highest BCUT2D eigenvalue weighted by atomic mass is 14.9. The summed E-state index contributed by atoms with van der Waals surface area (Å²) >= 11 is 0. The molecule has 1 saturated heterocycles. The molecule has 1 aliphatic heterocycles. The lowest BCUT2D eigenvalue weighted by molar-refractivity contribution is -0.100. The van der Waals surface area contributed by atoms with Gasteiger partial charge in [-0.3, -0.25) is 0 Å². The third kappa shape index (κ3) is 3.61. The number of hydrogen-bond donors (Lipinski definition) is 1. The summed E-state index contributed by atoms with van der Waals surface area (Å²) in [7, 11) is 0. The predicted molar refractivity (Wildman–Crippen MR) is 121 cm³/mol. The van der Waals surface area contributed by atoms with Crippen LogP contribution in [0.25, 0.3) is 0 Å². The largest absolute Gasteiger partial charge is 0.316 e. The second-order valence-electron chi connectivity index (χ2n) is 12.5. The van der Waals surface area contributed by atoms with E-state index in [4.69, 9.17) is 0 Å². The molecule has 0 aromatic rings. The molecule has 4 rings (SSSR count). The molecule has 3 saturated carbocycles. The van der Waals surface area contributed by atoms with Crippen LogP contribution in [-0.2, 0) is 0 Å². The van der Waals surface area contributed by atoms with E-state index in [9.17, 15) is 0 Å². The van der Waals surface area contributed by atoms with Gasteiger partial charge in [0.25, 0.3) is 0 Å². The maximum Gasteiger partial charge on any atom is -0.00152 e. The van der Waals surface area contributed by atoms with Gasteiger partial charge in [-0.1, -0.05) is 53.9 Å². The molecule has 8 unspecified atom stereocenters. The maximum atomic E-state index is 3.77. The van der Waals surface area contributed by atoms with Crippen molar-refractivity contribution >= 4 is 0 Å². The fourth-order valence-corrected chi connectivity index (χ4v) is 9.15. The molecule has 0 aromatic carbocycles. The Labute approximate surface area is 176 Å². The number of nitrogens with one attached hydrogen (secondary N) is 1. The summed E-state index contributed by atoms with van der Waals surface area (Å²) in [5.74, 6) is 6.89. The minimum atomic E-state index is 0.634. The van der Waals surface area contributed by atoms with Gasteiger partial charge >= 0.3 is 0 Å². The first kappa shape index (κ1) is 21.2. The molecule has 162 valence electrons. The van der Waals surface area contributed by atoms with Crippen LogP contribution in [0.5, 0.6) is 0 Å². The van der Waals surface area contributed by atoms with E-state index in [-0.39, 0.29) is 0 Å². The van der Waals surface area contributed by atoms with Gasteiger partial charge in [0.05, 0.1) is 0 Å². The lowest BCUT2D eigenvalue weighted by Crippen LogP contribution is -2.53. The number of rotatable bonds is 5. The average Bonchev–Trinajstić information content (AvgIpc) is 2.87. The van der Waals surface area contributed by atoms with E-state index in [1.807, 2.05) is 0 Å². The van der Waals surface area contributed by atoms with E-state index >= 15 is 0 Å². The smallest absolute Gasteiger partial charge is 0.00152 e. The van der Waals surface area contributed by atoms with Gasteiger partial charge in [0.1, 0.15) is 0 Å². The summed E-state index contributed by atoms with van der Waals surface area (Å²) in [5.41, 5.74) is 1.29. The first-order chi connectivity index (χ1) is 13.4. The van der Waals surface area contributed by atoms with Gasteiger partial charge in [0, 0.05) is 0 Å². The molecule has 0 spiro atoms. The third-order valence-corrected chi connectivity index (χ3v) is 10.7. The highest BCUT2D eigenvalue weighted by Crippen LogP contribution is 2.67. The van der Waals surface area contributed by atoms with Gasteiger partial charge in [0.2, 0.25) is 0 Å². The highest BCUT2D eigenvalue weighted by Gasteiger charge is 2.59. The first-order valence-corrected chi connectivity index (χ1v) is 13.1. The van der Waals surface area contributed by atoms with Crippen molar-refractivity contribution in [1.82, 2.24) is 5.32 Å². The van der Waals surface area contributed by atoms with Gasteiger partial charge < -0.3 is 5.32 Å². The Morgan fingerprint density at radius 2 is 1.64 bits per heavy atom. The zero-order valence-corrected chi connectivity index (χ0v) is 19.7. The molecule has 1 heteroatoms. The maximum absolute atomic E-state index is 3.77. The minimum Gasteiger partial charge on any atom is -0.316 e. The molecule has 0 radical (unpaired) electrons. The van der Waals surface area contributed by atoms with Crippen molar-refractivity contribution in [1.29, 1.82) is 0 Å². The third-order valence-electron chi connectivity index (χ3n) is 10.7. The van der Waals surface area contributed by atoms with E-state index in [1.165, 1.54) is 64.5 Å². The lowest BCUT2D eigenvalue weighted by Gasteiger charge is -2.59. The Morgan fingerprint density at radius 1 is 0.857 bits per heavy atom. The molecule has 4 aliphatic rings. The van der Waals surface area contributed by atoms with Crippen molar-refractivity contribution in [3.8, 4) is 0 Å². The van der Waals surface area contributed by atoms with Crippen LogP contribution in [0, 0.1) is 52.3 Å². The number of hydrogen-bond acceptors (Lipinski definition) is 1. The van der Waals surface area contributed by atoms with Crippen LogP contribution < -0.4 is 5.32 Å². The predicted octanol–water partition coefficient (Wildman–Crippen LogP) is 7.31. The van der Waals surface area contributed by atoms with Crippen molar-refractivity contribution in [3.63, 3.8) is 0 Å². The summed E-state index contributed by atoms with van der Waals surface area (Å²) < 4.78 is 0. The van der Waals surface area contributed by atoms with E-state index < -0.39 is 0 Å². The normalized spacial score (nSPS) is 47.1. The van der Waals surface area contributed by atoms with Crippen LogP contribution in [0.1, 0.15) is 105 Å². The minimum absolute atomic E-state index is 0.634.